The highest BCUT2D eigenvalue weighted by molar-refractivity contribution is 5.79. The quantitative estimate of drug-likeness (QED) is 0.829. The normalized spacial score (nSPS) is 17.4. The lowest BCUT2D eigenvalue weighted by atomic mass is 10.2. The molecule has 0 radical (unpaired) electrons. The Labute approximate surface area is 140 Å². The lowest BCUT2D eigenvalue weighted by Gasteiger charge is -2.31. The van der Waals surface area contributed by atoms with Crippen molar-refractivity contribution in [2.45, 2.75) is 26.0 Å². The standard InChI is InChI=1S/C17H22N2O5/c1-13(20)18(11-14-5-3-2-4-6-14)8-7-16(21)19-9-10-24-15(12-19)17(22)23/h2-6,15H,7-12H2,1H3,(H,22,23). The smallest absolute Gasteiger partial charge is 0.334 e. The summed E-state index contributed by atoms with van der Waals surface area (Å²) in [6.45, 7) is 2.86. The van der Waals surface area contributed by atoms with Gasteiger partial charge < -0.3 is 19.6 Å². The van der Waals surface area contributed by atoms with Gasteiger partial charge in [0.15, 0.2) is 6.10 Å². The zero-order valence-corrected chi connectivity index (χ0v) is 13.7. The largest absolute Gasteiger partial charge is 0.479 e. The molecule has 0 bridgehead atoms. The molecule has 0 saturated carbocycles. The summed E-state index contributed by atoms with van der Waals surface area (Å²) in [5, 5.41) is 8.98. The number of morpholine rings is 1. The first-order chi connectivity index (χ1) is 11.5. The number of hydrogen-bond acceptors (Lipinski definition) is 4. The first-order valence-corrected chi connectivity index (χ1v) is 7.89. The molecule has 1 saturated heterocycles. The summed E-state index contributed by atoms with van der Waals surface area (Å²) in [6.07, 6.45) is -0.811. The Kier molecular flexibility index (Phi) is 6.31. The first-order valence-electron chi connectivity index (χ1n) is 7.89. The van der Waals surface area contributed by atoms with Gasteiger partial charge in [0.05, 0.1) is 13.2 Å². The van der Waals surface area contributed by atoms with Crippen molar-refractivity contribution in [3.05, 3.63) is 35.9 Å². The molecule has 7 nitrogen and oxygen atoms in total. The molecule has 2 amide bonds. The van der Waals surface area contributed by atoms with E-state index in [4.69, 9.17) is 9.84 Å². The minimum Gasteiger partial charge on any atom is -0.479 e. The van der Waals surface area contributed by atoms with E-state index >= 15 is 0 Å². The molecule has 24 heavy (non-hydrogen) atoms. The van der Waals surface area contributed by atoms with Gasteiger partial charge in [-0.3, -0.25) is 9.59 Å². The van der Waals surface area contributed by atoms with Gasteiger partial charge >= 0.3 is 5.97 Å². The van der Waals surface area contributed by atoms with Gasteiger partial charge in [0.1, 0.15) is 0 Å². The van der Waals surface area contributed by atoms with E-state index in [0.29, 0.717) is 19.6 Å². The minimum atomic E-state index is -1.07. The van der Waals surface area contributed by atoms with E-state index in [1.165, 1.54) is 11.8 Å². The monoisotopic (exact) mass is 334 g/mol. The van der Waals surface area contributed by atoms with Crippen LogP contribution in [0.4, 0.5) is 0 Å². The van der Waals surface area contributed by atoms with E-state index in [1.807, 2.05) is 30.3 Å². The van der Waals surface area contributed by atoms with Crippen molar-refractivity contribution in [1.82, 2.24) is 9.80 Å². The number of carboxylic acid groups (broad SMARTS) is 1. The third kappa shape index (κ3) is 5.06. The molecule has 1 atom stereocenters. The molecule has 7 heteroatoms. The third-order valence-corrected chi connectivity index (χ3v) is 3.95. The maximum Gasteiger partial charge on any atom is 0.334 e. The average molecular weight is 334 g/mol. The fourth-order valence-corrected chi connectivity index (χ4v) is 2.57. The van der Waals surface area contributed by atoms with Gasteiger partial charge in [-0.1, -0.05) is 30.3 Å². The SMILES string of the molecule is CC(=O)N(CCC(=O)N1CCOC(C(=O)O)C1)Cc1ccccc1. The summed E-state index contributed by atoms with van der Waals surface area (Å²) < 4.78 is 5.10. The molecule has 1 N–H and O–H groups in total. The van der Waals surface area contributed by atoms with Gasteiger partial charge in [-0.15, -0.1) is 0 Å². The Morgan fingerprint density at radius 2 is 2.00 bits per heavy atom. The number of nitrogens with zero attached hydrogens (tertiary/aromatic N) is 2. The van der Waals surface area contributed by atoms with Crippen molar-refractivity contribution in [2.24, 2.45) is 0 Å². The molecule has 0 spiro atoms. The number of carbonyl (C=O) groups excluding carboxylic acids is 2. The Morgan fingerprint density at radius 3 is 2.62 bits per heavy atom. The van der Waals surface area contributed by atoms with Crippen LogP contribution in [0.1, 0.15) is 18.9 Å². The topological polar surface area (TPSA) is 87.2 Å². The summed E-state index contributed by atoms with van der Waals surface area (Å²) in [4.78, 5) is 38.1. The van der Waals surface area contributed by atoms with E-state index in [0.717, 1.165) is 5.56 Å². The Morgan fingerprint density at radius 1 is 1.29 bits per heavy atom. The zero-order chi connectivity index (χ0) is 17.5. The molecule has 1 unspecified atom stereocenters. The maximum absolute atomic E-state index is 12.3. The van der Waals surface area contributed by atoms with E-state index in [1.54, 1.807) is 4.90 Å². The van der Waals surface area contributed by atoms with Crippen molar-refractivity contribution >= 4 is 17.8 Å². The van der Waals surface area contributed by atoms with Gasteiger partial charge in [-0.25, -0.2) is 4.79 Å². The van der Waals surface area contributed by atoms with Gasteiger partial charge in [-0.2, -0.15) is 0 Å². The number of aliphatic carboxylic acids is 1. The van der Waals surface area contributed by atoms with Crippen LogP contribution in [-0.4, -0.2) is 65.0 Å². The van der Waals surface area contributed by atoms with Crippen LogP contribution in [-0.2, 0) is 25.7 Å². The van der Waals surface area contributed by atoms with Gasteiger partial charge in [-0.05, 0) is 5.56 Å². The van der Waals surface area contributed by atoms with Crippen LogP contribution in [0.2, 0.25) is 0 Å². The average Bonchev–Trinajstić information content (AvgIpc) is 2.59. The summed E-state index contributed by atoms with van der Waals surface area (Å²) in [7, 11) is 0. The van der Waals surface area contributed by atoms with Gasteiger partial charge in [0, 0.05) is 33.0 Å². The second kappa shape index (κ2) is 8.44. The molecular weight excluding hydrogens is 312 g/mol. The van der Waals surface area contributed by atoms with Crippen LogP contribution in [0, 0.1) is 0 Å². The molecule has 130 valence electrons. The summed E-state index contributed by atoms with van der Waals surface area (Å²) in [5.41, 5.74) is 0.998. The fraction of sp³-hybridized carbons (Fsp3) is 0.471. The predicted molar refractivity (Wildman–Crippen MR) is 86.1 cm³/mol. The number of benzene rings is 1. The molecule has 0 aliphatic carbocycles. The summed E-state index contributed by atoms with van der Waals surface area (Å²) >= 11 is 0. The van der Waals surface area contributed by atoms with Crippen LogP contribution in [0.15, 0.2) is 30.3 Å². The highest BCUT2D eigenvalue weighted by atomic mass is 16.5. The minimum absolute atomic E-state index is 0.0485. The molecule has 0 aromatic heterocycles. The number of carboxylic acids is 1. The number of rotatable bonds is 6. The third-order valence-electron chi connectivity index (χ3n) is 3.95. The molecule has 1 aliphatic rings. The van der Waals surface area contributed by atoms with Crippen LogP contribution in [0.5, 0.6) is 0 Å². The molecule has 1 heterocycles. The van der Waals surface area contributed by atoms with Crippen LogP contribution in [0.3, 0.4) is 0 Å². The first kappa shape index (κ1) is 17.9. The molecular formula is C17H22N2O5. The van der Waals surface area contributed by atoms with E-state index in [9.17, 15) is 14.4 Å². The zero-order valence-electron chi connectivity index (χ0n) is 13.7. The second-order valence-electron chi connectivity index (χ2n) is 5.71. The maximum atomic E-state index is 12.3. The molecule has 1 aromatic carbocycles. The van der Waals surface area contributed by atoms with Crippen LogP contribution >= 0.6 is 0 Å². The molecule has 1 aliphatic heterocycles. The molecule has 1 fully saturated rings. The number of carbonyl (C=O) groups is 3. The lowest BCUT2D eigenvalue weighted by Crippen LogP contribution is -2.49. The van der Waals surface area contributed by atoms with Crippen molar-refractivity contribution in [3.63, 3.8) is 0 Å². The summed E-state index contributed by atoms with van der Waals surface area (Å²) in [6, 6.07) is 9.56. The van der Waals surface area contributed by atoms with E-state index in [2.05, 4.69) is 0 Å². The van der Waals surface area contributed by atoms with Gasteiger partial charge in [0.2, 0.25) is 11.8 Å². The van der Waals surface area contributed by atoms with Crippen LogP contribution < -0.4 is 0 Å². The van der Waals surface area contributed by atoms with Crippen molar-refractivity contribution in [1.29, 1.82) is 0 Å². The highest BCUT2D eigenvalue weighted by Crippen LogP contribution is 2.10. The highest BCUT2D eigenvalue weighted by Gasteiger charge is 2.29. The Hall–Kier alpha value is -2.41. The summed E-state index contributed by atoms with van der Waals surface area (Å²) in [5.74, 6) is -1.33. The Balaban J connectivity index is 1.88. The lowest BCUT2D eigenvalue weighted by molar-refractivity contribution is -0.159. The number of amides is 2. The van der Waals surface area contributed by atoms with Crippen LogP contribution in [0.25, 0.3) is 0 Å². The molecule has 2 rings (SSSR count). The molecule has 1 aromatic rings. The number of ether oxygens (including phenoxy) is 1. The van der Waals surface area contributed by atoms with Crippen molar-refractivity contribution in [2.75, 3.05) is 26.2 Å². The van der Waals surface area contributed by atoms with E-state index < -0.39 is 12.1 Å². The second-order valence-corrected chi connectivity index (χ2v) is 5.71. The predicted octanol–water partition coefficient (Wildman–Crippen LogP) is 0.737. The van der Waals surface area contributed by atoms with Gasteiger partial charge in [0.25, 0.3) is 0 Å². The Bertz CT molecular complexity index is 590. The van der Waals surface area contributed by atoms with Crippen molar-refractivity contribution in [3.8, 4) is 0 Å². The van der Waals surface area contributed by atoms with E-state index in [-0.39, 0.29) is 31.4 Å². The number of hydrogen-bond donors (Lipinski definition) is 1. The fourth-order valence-electron chi connectivity index (χ4n) is 2.57. The van der Waals surface area contributed by atoms with Crippen molar-refractivity contribution < 1.29 is 24.2 Å².